The van der Waals surface area contributed by atoms with Crippen molar-refractivity contribution in [1.29, 1.82) is 0 Å². The van der Waals surface area contributed by atoms with Crippen LogP contribution < -0.4 is 4.72 Å². The number of esters is 1. The molecule has 1 heterocycles. The van der Waals surface area contributed by atoms with Gasteiger partial charge >= 0.3 is 5.97 Å². The van der Waals surface area contributed by atoms with Gasteiger partial charge < -0.3 is 9.47 Å². The van der Waals surface area contributed by atoms with Crippen LogP contribution in [0, 0.1) is 12.8 Å². The highest BCUT2D eigenvalue weighted by molar-refractivity contribution is 7.89. The largest absolute Gasteiger partial charge is 0.465 e. The summed E-state index contributed by atoms with van der Waals surface area (Å²) in [5, 5.41) is 0. The topological polar surface area (TPSA) is 81.7 Å². The molecule has 0 spiro atoms. The molecule has 0 radical (unpaired) electrons. The minimum Gasteiger partial charge on any atom is -0.465 e. The Balaban J connectivity index is 2.30. The number of hydrogen-bond donors (Lipinski definition) is 1. The van der Waals surface area contributed by atoms with Gasteiger partial charge in [0.05, 0.1) is 17.6 Å². The number of aryl methyl sites for hydroxylation is 1. The Labute approximate surface area is 155 Å². The van der Waals surface area contributed by atoms with Crippen LogP contribution >= 0.6 is 0 Å². The number of benzene rings is 1. The monoisotopic (exact) mass is 381 g/mol. The summed E-state index contributed by atoms with van der Waals surface area (Å²) in [6.45, 7) is 8.08. The van der Waals surface area contributed by atoms with Crippen molar-refractivity contribution >= 4 is 16.0 Å². The lowest BCUT2D eigenvalue weighted by Crippen LogP contribution is -2.52. The number of carbonyl (C=O) groups is 1. The van der Waals surface area contributed by atoms with Gasteiger partial charge in [0.25, 0.3) is 0 Å². The molecule has 0 amide bonds. The molecule has 0 unspecified atom stereocenters. The lowest BCUT2D eigenvalue weighted by molar-refractivity contribution is -0.150. The first-order valence-electron chi connectivity index (χ1n) is 8.87. The molecule has 1 aliphatic rings. The summed E-state index contributed by atoms with van der Waals surface area (Å²) in [6, 6.07) is 5.50. The molecule has 144 valence electrons. The Morgan fingerprint density at radius 1 is 1.42 bits per heavy atom. The summed E-state index contributed by atoms with van der Waals surface area (Å²) in [6.07, 6.45) is 3.45. The van der Waals surface area contributed by atoms with E-state index in [0.717, 1.165) is 12.0 Å². The van der Waals surface area contributed by atoms with E-state index >= 15 is 0 Å². The lowest BCUT2D eigenvalue weighted by Gasteiger charge is -2.35. The Hall–Kier alpha value is -1.70. The second-order valence-electron chi connectivity index (χ2n) is 6.40. The van der Waals surface area contributed by atoms with Crippen LogP contribution in [0.4, 0.5) is 0 Å². The first kappa shape index (κ1) is 20.6. The summed E-state index contributed by atoms with van der Waals surface area (Å²) in [7, 11) is -3.86. The van der Waals surface area contributed by atoms with Crippen LogP contribution in [0.3, 0.4) is 0 Å². The predicted octanol–water partition coefficient (Wildman–Crippen LogP) is 2.58. The number of sulfonamides is 1. The molecule has 2 rings (SSSR count). The van der Waals surface area contributed by atoms with Crippen molar-refractivity contribution in [1.82, 2.24) is 4.72 Å². The van der Waals surface area contributed by atoms with Crippen molar-refractivity contribution in [3.63, 3.8) is 0 Å². The van der Waals surface area contributed by atoms with Gasteiger partial charge in [-0.15, -0.1) is 6.58 Å². The highest BCUT2D eigenvalue weighted by Crippen LogP contribution is 2.28. The zero-order valence-corrected chi connectivity index (χ0v) is 16.1. The van der Waals surface area contributed by atoms with Crippen LogP contribution in [-0.2, 0) is 24.3 Å². The minimum absolute atomic E-state index is 0.120. The SMILES string of the molecule is C=CC[C@@H]1OCCC[C@H]1[C@@H](NS(=O)(=O)c1ccc(C)cc1)C(=O)OCC. The molecule has 1 N–H and O–H groups in total. The number of rotatable bonds is 8. The molecule has 7 heteroatoms. The number of ether oxygens (including phenoxy) is 2. The maximum absolute atomic E-state index is 12.8. The number of carbonyl (C=O) groups excluding carboxylic acids is 1. The molecule has 1 fully saturated rings. The van der Waals surface area contributed by atoms with Gasteiger partial charge in [0, 0.05) is 12.5 Å². The Morgan fingerprint density at radius 3 is 2.73 bits per heavy atom. The molecule has 0 saturated carbocycles. The molecule has 26 heavy (non-hydrogen) atoms. The van der Waals surface area contributed by atoms with E-state index in [4.69, 9.17) is 9.47 Å². The van der Waals surface area contributed by atoms with E-state index in [1.807, 2.05) is 6.92 Å². The fourth-order valence-electron chi connectivity index (χ4n) is 3.15. The van der Waals surface area contributed by atoms with Crippen molar-refractivity contribution in [3.8, 4) is 0 Å². The number of hydrogen-bond acceptors (Lipinski definition) is 5. The smallest absolute Gasteiger partial charge is 0.324 e. The molecule has 0 bridgehead atoms. The molecule has 1 aromatic rings. The summed E-state index contributed by atoms with van der Waals surface area (Å²) >= 11 is 0. The van der Waals surface area contributed by atoms with E-state index in [1.165, 1.54) is 12.1 Å². The maximum Gasteiger partial charge on any atom is 0.324 e. The van der Waals surface area contributed by atoms with Crippen LogP contribution in [0.5, 0.6) is 0 Å². The van der Waals surface area contributed by atoms with Crippen LogP contribution in [0.15, 0.2) is 41.8 Å². The molecule has 0 aliphatic carbocycles. The molecule has 6 nitrogen and oxygen atoms in total. The van der Waals surface area contributed by atoms with Crippen LogP contribution in [0.25, 0.3) is 0 Å². The molecule has 3 atom stereocenters. The first-order chi connectivity index (χ1) is 12.4. The fourth-order valence-corrected chi connectivity index (χ4v) is 4.38. The van der Waals surface area contributed by atoms with Crippen molar-refractivity contribution in [2.75, 3.05) is 13.2 Å². The molecule has 0 aromatic heterocycles. The van der Waals surface area contributed by atoms with Gasteiger partial charge in [-0.1, -0.05) is 23.8 Å². The summed E-state index contributed by atoms with van der Waals surface area (Å²) in [5.74, 6) is -0.881. The average molecular weight is 381 g/mol. The van der Waals surface area contributed by atoms with E-state index < -0.39 is 22.0 Å². The van der Waals surface area contributed by atoms with Gasteiger partial charge in [-0.05, 0) is 45.2 Å². The van der Waals surface area contributed by atoms with E-state index in [2.05, 4.69) is 11.3 Å². The Morgan fingerprint density at radius 2 is 2.12 bits per heavy atom. The van der Waals surface area contributed by atoms with Gasteiger partial charge in [0.1, 0.15) is 6.04 Å². The maximum atomic E-state index is 12.8. The molecular weight excluding hydrogens is 354 g/mol. The molecular formula is C19H27NO5S. The van der Waals surface area contributed by atoms with Gasteiger partial charge in [-0.25, -0.2) is 8.42 Å². The number of nitrogens with one attached hydrogen (secondary N) is 1. The minimum atomic E-state index is -3.86. The molecule has 1 aliphatic heterocycles. The molecule has 1 saturated heterocycles. The Bertz CT molecular complexity index is 714. The van der Waals surface area contributed by atoms with Crippen LogP contribution in [-0.4, -0.2) is 39.7 Å². The van der Waals surface area contributed by atoms with Crippen LogP contribution in [0.2, 0.25) is 0 Å². The van der Waals surface area contributed by atoms with Gasteiger partial charge in [0.15, 0.2) is 0 Å². The second kappa shape index (κ2) is 9.30. The van der Waals surface area contributed by atoms with Crippen molar-refractivity contribution < 1.29 is 22.7 Å². The predicted molar refractivity (Wildman–Crippen MR) is 99.2 cm³/mol. The van der Waals surface area contributed by atoms with E-state index in [-0.39, 0.29) is 23.5 Å². The summed E-state index contributed by atoms with van der Waals surface area (Å²) in [4.78, 5) is 12.6. The first-order valence-corrected chi connectivity index (χ1v) is 10.4. The zero-order chi connectivity index (χ0) is 19.2. The van der Waals surface area contributed by atoms with Gasteiger partial charge in [-0.2, -0.15) is 4.72 Å². The van der Waals surface area contributed by atoms with Crippen molar-refractivity contribution in [3.05, 3.63) is 42.5 Å². The highest BCUT2D eigenvalue weighted by atomic mass is 32.2. The quantitative estimate of drug-likeness (QED) is 0.553. The van der Waals surface area contributed by atoms with E-state index in [0.29, 0.717) is 19.4 Å². The van der Waals surface area contributed by atoms with Crippen molar-refractivity contribution in [2.24, 2.45) is 5.92 Å². The van der Waals surface area contributed by atoms with E-state index in [9.17, 15) is 13.2 Å². The second-order valence-corrected chi connectivity index (χ2v) is 8.12. The highest BCUT2D eigenvalue weighted by Gasteiger charge is 2.39. The van der Waals surface area contributed by atoms with E-state index in [1.54, 1.807) is 25.1 Å². The normalized spacial score (nSPS) is 21.8. The third-order valence-electron chi connectivity index (χ3n) is 4.47. The third-order valence-corrected chi connectivity index (χ3v) is 5.93. The van der Waals surface area contributed by atoms with Crippen molar-refractivity contribution in [2.45, 2.75) is 50.2 Å². The molecule has 1 aromatic carbocycles. The summed E-state index contributed by atoms with van der Waals surface area (Å²) < 4.78 is 39.0. The van der Waals surface area contributed by atoms with Crippen LogP contribution in [0.1, 0.15) is 31.7 Å². The third kappa shape index (κ3) is 5.16. The average Bonchev–Trinajstić information content (AvgIpc) is 2.61. The van der Waals surface area contributed by atoms with Gasteiger partial charge in [-0.3, -0.25) is 4.79 Å². The van der Waals surface area contributed by atoms with Gasteiger partial charge in [0.2, 0.25) is 10.0 Å². The lowest BCUT2D eigenvalue weighted by atomic mass is 9.86. The standard InChI is InChI=1S/C19H27NO5S/c1-4-7-17-16(8-6-13-25-17)18(19(21)24-5-2)20-26(22,23)15-11-9-14(3)10-12-15/h4,9-12,16-18,20H,1,5-8,13H2,2-3H3/t16-,17+,18-/m1/s1. The summed E-state index contributed by atoms with van der Waals surface area (Å²) in [5.41, 5.74) is 0.956. The zero-order valence-electron chi connectivity index (χ0n) is 15.3. The fraction of sp³-hybridized carbons (Fsp3) is 0.526. The Kier molecular flexibility index (Phi) is 7.37.